The Kier molecular flexibility index (Phi) is 4.13. The third-order valence-electron chi connectivity index (χ3n) is 2.48. The van der Waals surface area contributed by atoms with E-state index in [9.17, 15) is 9.59 Å². The summed E-state index contributed by atoms with van der Waals surface area (Å²) in [5.41, 5.74) is 6.55. The van der Waals surface area contributed by atoms with Crippen molar-refractivity contribution in [2.75, 3.05) is 24.6 Å². The number of benzene rings is 1. The summed E-state index contributed by atoms with van der Waals surface area (Å²) in [5, 5.41) is 2.48. The van der Waals surface area contributed by atoms with Crippen LogP contribution in [0.2, 0.25) is 0 Å². The third-order valence-corrected chi connectivity index (χ3v) is 4.04. The van der Waals surface area contributed by atoms with Gasteiger partial charge in [-0.1, -0.05) is 15.9 Å². The van der Waals surface area contributed by atoms with Crippen LogP contribution in [0.3, 0.4) is 0 Å². The number of nitrogens with one attached hydrogen (secondary N) is 1. The number of nitrogen functional groups attached to an aromatic ring is 1. The number of urea groups is 1. The molecule has 0 aromatic heterocycles. The van der Waals surface area contributed by atoms with E-state index in [4.69, 9.17) is 5.73 Å². The van der Waals surface area contributed by atoms with E-state index in [0.29, 0.717) is 18.0 Å². The number of carbonyl (C=O) groups is 2. The zero-order valence-corrected chi connectivity index (χ0v) is 11.9. The highest BCUT2D eigenvalue weighted by Crippen LogP contribution is 2.27. The Morgan fingerprint density at radius 3 is 2.83 bits per heavy atom. The van der Waals surface area contributed by atoms with Gasteiger partial charge in [-0.05, 0) is 18.2 Å². The molecule has 0 aliphatic carbocycles. The predicted molar refractivity (Wildman–Crippen MR) is 74.4 cm³/mol. The van der Waals surface area contributed by atoms with Gasteiger partial charge in [-0.15, -0.1) is 11.8 Å². The lowest BCUT2D eigenvalue weighted by atomic mass is 10.3. The summed E-state index contributed by atoms with van der Waals surface area (Å²) >= 11 is 4.87. The predicted octanol–water partition coefficient (Wildman–Crippen LogP) is 1.68. The van der Waals surface area contributed by atoms with Crippen LogP contribution in [0.5, 0.6) is 0 Å². The maximum Gasteiger partial charge on any atom is 0.324 e. The third kappa shape index (κ3) is 2.97. The van der Waals surface area contributed by atoms with Crippen molar-refractivity contribution >= 4 is 45.3 Å². The van der Waals surface area contributed by atoms with Gasteiger partial charge in [0.1, 0.15) is 0 Å². The molecule has 1 aliphatic heterocycles. The Hall–Kier alpha value is -1.21. The second-order valence-electron chi connectivity index (χ2n) is 3.73. The summed E-state index contributed by atoms with van der Waals surface area (Å²) < 4.78 is 0.929. The number of hydrogen-bond acceptors (Lipinski definition) is 4. The molecule has 5 nitrogen and oxygen atoms in total. The van der Waals surface area contributed by atoms with Gasteiger partial charge in [0.2, 0.25) is 5.91 Å². The van der Waals surface area contributed by atoms with Crippen molar-refractivity contribution in [3.8, 4) is 0 Å². The highest BCUT2D eigenvalue weighted by molar-refractivity contribution is 9.10. The molecule has 3 N–H and O–H groups in total. The first-order chi connectivity index (χ1) is 8.58. The molecule has 1 heterocycles. The summed E-state index contributed by atoms with van der Waals surface area (Å²) in [6.45, 7) is 0.495. The first-order valence-electron chi connectivity index (χ1n) is 5.34. The van der Waals surface area contributed by atoms with Crippen molar-refractivity contribution in [3.63, 3.8) is 0 Å². The zero-order chi connectivity index (χ0) is 13.1. The van der Waals surface area contributed by atoms with Gasteiger partial charge in [0, 0.05) is 27.4 Å². The number of anilines is 1. The Labute approximate surface area is 117 Å². The van der Waals surface area contributed by atoms with Crippen molar-refractivity contribution in [1.82, 2.24) is 10.2 Å². The van der Waals surface area contributed by atoms with Gasteiger partial charge in [0.15, 0.2) is 0 Å². The second kappa shape index (κ2) is 5.62. The fourth-order valence-electron chi connectivity index (χ4n) is 1.58. The summed E-state index contributed by atoms with van der Waals surface area (Å²) in [4.78, 5) is 24.8. The van der Waals surface area contributed by atoms with E-state index in [1.807, 2.05) is 18.2 Å². The molecule has 1 aromatic rings. The Morgan fingerprint density at radius 1 is 1.44 bits per heavy atom. The minimum atomic E-state index is -0.315. The van der Waals surface area contributed by atoms with Gasteiger partial charge in [-0.25, -0.2) is 4.79 Å². The molecule has 96 valence electrons. The smallest absolute Gasteiger partial charge is 0.324 e. The molecular weight excluding hydrogens is 318 g/mol. The summed E-state index contributed by atoms with van der Waals surface area (Å²) in [7, 11) is 0. The number of carbonyl (C=O) groups excluding carboxylic acids is 2. The molecule has 1 aromatic carbocycles. The van der Waals surface area contributed by atoms with Gasteiger partial charge in [-0.2, -0.15) is 0 Å². The van der Waals surface area contributed by atoms with Crippen LogP contribution in [0.1, 0.15) is 0 Å². The maximum atomic E-state index is 11.3. The van der Waals surface area contributed by atoms with E-state index < -0.39 is 0 Å². The largest absolute Gasteiger partial charge is 0.398 e. The average molecular weight is 330 g/mol. The number of imide groups is 1. The number of halogens is 1. The molecule has 0 spiro atoms. The zero-order valence-electron chi connectivity index (χ0n) is 9.48. The SMILES string of the molecule is Nc1cc(Br)ccc1SCCN1C(=O)CNC1=O. The van der Waals surface area contributed by atoms with Crippen molar-refractivity contribution in [1.29, 1.82) is 0 Å². The molecule has 1 saturated heterocycles. The van der Waals surface area contributed by atoms with E-state index in [2.05, 4.69) is 21.2 Å². The molecule has 0 radical (unpaired) electrons. The minimum Gasteiger partial charge on any atom is -0.398 e. The van der Waals surface area contributed by atoms with E-state index in [0.717, 1.165) is 9.37 Å². The molecule has 0 atom stereocenters. The molecule has 1 aliphatic rings. The van der Waals surface area contributed by atoms with E-state index >= 15 is 0 Å². The Bertz CT molecular complexity index is 479. The fraction of sp³-hybridized carbons (Fsp3) is 0.273. The van der Waals surface area contributed by atoms with Crippen molar-refractivity contribution < 1.29 is 9.59 Å². The average Bonchev–Trinajstić information content (AvgIpc) is 2.63. The van der Waals surface area contributed by atoms with Crippen LogP contribution in [-0.2, 0) is 4.79 Å². The van der Waals surface area contributed by atoms with Crippen LogP contribution in [0, 0.1) is 0 Å². The number of amides is 3. The highest BCUT2D eigenvalue weighted by Gasteiger charge is 2.27. The first kappa shape index (κ1) is 13.2. The number of hydrogen-bond donors (Lipinski definition) is 2. The Morgan fingerprint density at radius 2 is 2.22 bits per heavy atom. The van der Waals surface area contributed by atoms with Gasteiger partial charge >= 0.3 is 6.03 Å². The van der Waals surface area contributed by atoms with E-state index in [1.165, 1.54) is 16.7 Å². The van der Waals surface area contributed by atoms with Crippen LogP contribution in [0.4, 0.5) is 10.5 Å². The van der Waals surface area contributed by atoms with Crippen molar-refractivity contribution in [2.24, 2.45) is 0 Å². The van der Waals surface area contributed by atoms with E-state index in [1.54, 1.807) is 0 Å². The van der Waals surface area contributed by atoms with Gasteiger partial charge in [-0.3, -0.25) is 9.69 Å². The summed E-state index contributed by atoms with van der Waals surface area (Å²) in [5.74, 6) is 0.453. The normalized spacial score (nSPS) is 15.1. The monoisotopic (exact) mass is 329 g/mol. The second-order valence-corrected chi connectivity index (χ2v) is 5.79. The molecule has 0 bridgehead atoms. The number of thioether (sulfide) groups is 1. The lowest BCUT2D eigenvalue weighted by Crippen LogP contribution is -2.32. The molecular formula is C11H12BrN3O2S. The standard InChI is InChI=1S/C11H12BrN3O2S/c12-7-1-2-9(8(13)5-7)18-4-3-15-10(16)6-14-11(15)17/h1-2,5H,3-4,6,13H2,(H,14,17). The quantitative estimate of drug-likeness (QED) is 0.500. The first-order valence-corrected chi connectivity index (χ1v) is 7.12. The van der Waals surface area contributed by atoms with E-state index in [-0.39, 0.29) is 18.5 Å². The number of nitrogens with two attached hydrogens (primary N) is 1. The fourth-order valence-corrected chi connectivity index (χ4v) is 2.84. The summed E-state index contributed by atoms with van der Waals surface area (Å²) in [6, 6.07) is 5.34. The van der Waals surface area contributed by atoms with Crippen LogP contribution < -0.4 is 11.1 Å². The van der Waals surface area contributed by atoms with Crippen LogP contribution in [0.15, 0.2) is 27.6 Å². The molecule has 2 rings (SSSR count). The Balaban J connectivity index is 1.88. The van der Waals surface area contributed by atoms with Crippen LogP contribution in [-0.4, -0.2) is 35.7 Å². The van der Waals surface area contributed by atoms with Crippen LogP contribution >= 0.6 is 27.7 Å². The molecule has 3 amide bonds. The molecule has 1 fully saturated rings. The number of nitrogens with zero attached hydrogens (tertiary/aromatic N) is 1. The minimum absolute atomic E-state index is 0.101. The van der Waals surface area contributed by atoms with Gasteiger partial charge in [0.25, 0.3) is 0 Å². The maximum absolute atomic E-state index is 11.3. The topological polar surface area (TPSA) is 75.4 Å². The lowest BCUT2D eigenvalue weighted by Gasteiger charge is -2.12. The van der Waals surface area contributed by atoms with Crippen LogP contribution in [0.25, 0.3) is 0 Å². The van der Waals surface area contributed by atoms with Gasteiger partial charge < -0.3 is 11.1 Å². The number of rotatable bonds is 4. The molecule has 0 saturated carbocycles. The van der Waals surface area contributed by atoms with Crippen molar-refractivity contribution in [3.05, 3.63) is 22.7 Å². The van der Waals surface area contributed by atoms with Crippen molar-refractivity contribution in [2.45, 2.75) is 4.90 Å². The van der Waals surface area contributed by atoms with Gasteiger partial charge in [0.05, 0.1) is 6.54 Å². The lowest BCUT2D eigenvalue weighted by molar-refractivity contribution is -0.124. The molecule has 18 heavy (non-hydrogen) atoms. The summed E-state index contributed by atoms with van der Waals surface area (Å²) in [6.07, 6.45) is 0. The molecule has 0 unspecified atom stereocenters. The highest BCUT2D eigenvalue weighted by atomic mass is 79.9. The molecule has 7 heteroatoms.